The summed E-state index contributed by atoms with van der Waals surface area (Å²) in [5.41, 5.74) is 1.12. The van der Waals surface area contributed by atoms with Gasteiger partial charge in [0, 0.05) is 5.02 Å². The highest BCUT2D eigenvalue weighted by Crippen LogP contribution is 2.14. The fourth-order valence-electron chi connectivity index (χ4n) is 0.886. The van der Waals surface area contributed by atoms with Gasteiger partial charge in [-0.15, -0.1) is 0 Å². The molecular formula is C9H8ClO2. The quantitative estimate of drug-likeness (QED) is 0.625. The highest BCUT2D eigenvalue weighted by atomic mass is 35.5. The number of carbonyl (C=O) groups is 1. The lowest BCUT2D eigenvalue weighted by Crippen LogP contribution is -2.01. The van der Waals surface area contributed by atoms with Crippen molar-refractivity contribution in [1.29, 1.82) is 0 Å². The second-order valence-electron chi connectivity index (χ2n) is 2.34. The molecule has 1 aromatic carbocycles. The predicted molar refractivity (Wildman–Crippen MR) is 47.3 cm³/mol. The highest BCUT2D eigenvalue weighted by molar-refractivity contribution is 6.31. The standard InChI is InChI=1S/C9H8ClO2/c1-6-3-7(9(11)12-2)5-8(10)4-6/h3-5H,1H2,2H3. The molecular weight excluding hydrogens is 176 g/mol. The summed E-state index contributed by atoms with van der Waals surface area (Å²) in [5, 5.41) is 0.489. The summed E-state index contributed by atoms with van der Waals surface area (Å²) >= 11 is 5.70. The molecule has 0 N–H and O–H groups in total. The monoisotopic (exact) mass is 183 g/mol. The van der Waals surface area contributed by atoms with Crippen molar-refractivity contribution in [2.45, 2.75) is 0 Å². The normalized spacial score (nSPS) is 9.58. The molecule has 0 unspecified atom stereocenters. The van der Waals surface area contributed by atoms with Gasteiger partial charge in [-0.05, 0) is 30.7 Å². The van der Waals surface area contributed by atoms with E-state index in [1.54, 1.807) is 18.2 Å². The van der Waals surface area contributed by atoms with Gasteiger partial charge in [-0.25, -0.2) is 4.79 Å². The van der Waals surface area contributed by atoms with E-state index >= 15 is 0 Å². The molecule has 0 aliphatic carbocycles. The lowest BCUT2D eigenvalue weighted by Gasteiger charge is -2.00. The SMILES string of the molecule is [CH2]c1cc(Cl)cc(C(=O)OC)c1. The molecule has 1 radical (unpaired) electrons. The number of methoxy groups -OCH3 is 1. The molecule has 0 fully saturated rings. The van der Waals surface area contributed by atoms with Crippen LogP contribution in [0, 0.1) is 6.92 Å². The molecule has 12 heavy (non-hydrogen) atoms. The topological polar surface area (TPSA) is 26.3 Å². The molecule has 0 aliphatic rings. The van der Waals surface area contributed by atoms with Crippen molar-refractivity contribution in [3.63, 3.8) is 0 Å². The molecule has 0 saturated heterocycles. The molecule has 0 aliphatic heterocycles. The molecule has 0 amide bonds. The highest BCUT2D eigenvalue weighted by Gasteiger charge is 2.05. The third kappa shape index (κ3) is 1.98. The minimum atomic E-state index is -0.401. The van der Waals surface area contributed by atoms with E-state index in [0.29, 0.717) is 16.1 Å². The zero-order valence-corrected chi connectivity index (χ0v) is 7.39. The average Bonchev–Trinajstić information content (AvgIpc) is 2.01. The Hall–Kier alpha value is -1.02. The Balaban J connectivity index is 3.08. The maximum Gasteiger partial charge on any atom is 0.337 e. The molecule has 0 heterocycles. The number of hydrogen-bond donors (Lipinski definition) is 0. The number of ether oxygens (including phenoxy) is 1. The largest absolute Gasteiger partial charge is 0.465 e. The van der Waals surface area contributed by atoms with Crippen molar-refractivity contribution in [2.75, 3.05) is 7.11 Å². The van der Waals surface area contributed by atoms with Crippen molar-refractivity contribution < 1.29 is 9.53 Å². The van der Waals surface area contributed by atoms with Crippen molar-refractivity contribution in [3.8, 4) is 0 Å². The molecule has 1 aromatic rings. The van der Waals surface area contributed by atoms with Crippen molar-refractivity contribution >= 4 is 17.6 Å². The number of esters is 1. The van der Waals surface area contributed by atoms with Gasteiger partial charge in [-0.1, -0.05) is 11.6 Å². The maximum atomic E-state index is 11.0. The van der Waals surface area contributed by atoms with E-state index in [9.17, 15) is 4.79 Å². The van der Waals surface area contributed by atoms with Crippen LogP contribution in [0.4, 0.5) is 0 Å². The Morgan fingerprint density at radius 3 is 2.67 bits per heavy atom. The maximum absolute atomic E-state index is 11.0. The summed E-state index contributed by atoms with van der Waals surface area (Å²) in [6.45, 7) is 3.67. The van der Waals surface area contributed by atoms with Crippen LogP contribution in [0.3, 0.4) is 0 Å². The smallest absolute Gasteiger partial charge is 0.337 e. The molecule has 0 aromatic heterocycles. The van der Waals surface area contributed by atoms with Crippen molar-refractivity contribution in [2.24, 2.45) is 0 Å². The van der Waals surface area contributed by atoms with Crippen LogP contribution >= 0.6 is 11.6 Å². The lowest BCUT2D eigenvalue weighted by molar-refractivity contribution is 0.0600. The van der Waals surface area contributed by atoms with Gasteiger partial charge >= 0.3 is 5.97 Å². The van der Waals surface area contributed by atoms with E-state index in [1.807, 2.05) is 0 Å². The van der Waals surface area contributed by atoms with E-state index in [2.05, 4.69) is 11.7 Å². The second kappa shape index (κ2) is 3.59. The van der Waals surface area contributed by atoms with Crippen LogP contribution in [-0.2, 0) is 4.74 Å². The van der Waals surface area contributed by atoms with E-state index in [-0.39, 0.29) is 0 Å². The summed E-state index contributed by atoms with van der Waals surface area (Å²) in [5.74, 6) is -0.401. The first-order valence-electron chi connectivity index (χ1n) is 3.34. The summed E-state index contributed by atoms with van der Waals surface area (Å²) in [7, 11) is 1.33. The average molecular weight is 184 g/mol. The molecule has 0 bridgehead atoms. The summed E-state index contributed by atoms with van der Waals surface area (Å²) < 4.78 is 4.52. The number of halogens is 1. The summed E-state index contributed by atoms with van der Waals surface area (Å²) in [6, 6.07) is 4.84. The Morgan fingerprint density at radius 1 is 1.50 bits per heavy atom. The minimum Gasteiger partial charge on any atom is -0.465 e. The third-order valence-corrected chi connectivity index (χ3v) is 1.60. The van der Waals surface area contributed by atoms with Gasteiger partial charge in [0.05, 0.1) is 12.7 Å². The molecule has 0 atom stereocenters. The molecule has 1 rings (SSSR count). The summed E-state index contributed by atoms with van der Waals surface area (Å²) in [6.07, 6.45) is 0. The molecule has 63 valence electrons. The van der Waals surface area contributed by atoms with Gasteiger partial charge in [-0.3, -0.25) is 0 Å². The van der Waals surface area contributed by atoms with Crippen LogP contribution < -0.4 is 0 Å². The fourth-order valence-corrected chi connectivity index (χ4v) is 1.14. The Morgan fingerprint density at radius 2 is 2.17 bits per heavy atom. The first kappa shape index (κ1) is 9.07. The Bertz CT molecular complexity index is 287. The van der Waals surface area contributed by atoms with E-state index < -0.39 is 5.97 Å². The minimum absolute atomic E-state index is 0.401. The predicted octanol–water partition coefficient (Wildman–Crippen LogP) is 2.31. The van der Waals surface area contributed by atoms with Gasteiger partial charge in [0.1, 0.15) is 0 Å². The van der Waals surface area contributed by atoms with Crippen LogP contribution in [0.5, 0.6) is 0 Å². The fraction of sp³-hybridized carbons (Fsp3) is 0.111. The Labute approximate surface area is 76.1 Å². The zero-order chi connectivity index (χ0) is 9.14. The van der Waals surface area contributed by atoms with E-state index in [4.69, 9.17) is 11.6 Å². The van der Waals surface area contributed by atoms with Crippen LogP contribution in [0.15, 0.2) is 18.2 Å². The van der Waals surface area contributed by atoms with Crippen molar-refractivity contribution in [3.05, 3.63) is 41.3 Å². The lowest BCUT2D eigenvalue weighted by atomic mass is 10.1. The number of benzene rings is 1. The summed E-state index contributed by atoms with van der Waals surface area (Å²) in [4.78, 5) is 11.0. The zero-order valence-electron chi connectivity index (χ0n) is 6.63. The second-order valence-corrected chi connectivity index (χ2v) is 2.78. The van der Waals surface area contributed by atoms with Crippen LogP contribution in [0.2, 0.25) is 5.02 Å². The van der Waals surface area contributed by atoms with Crippen LogP contribution in [-0.4, -0.2) is 13.1 Å². The van der Waals surface area contributed by atoms with Gasteiger partial charge < -0.3 is 4.74 Å². The van der Waals surface area contributed by atoms with Gasteiger partial charge in [0.2, 0.25) is 0 Å². The van der Waals surface area contributed by atoms with Gasteiger partial charge in [-0.2, -0.15) is 0 Å². The van der Waals surface area contributed by atoms with E-state index in [1.165, 1.54) is 7.11 Å². The van der Waals surface area contributed by atoms with Gasteiger partial charge in [0.25, 0.3) is 0 Å². The van der Waals surface area contributed by atoms with E-state index in [0.717, 1.165) is 0 Å². The van der Waals surface area contributed by atoms with Crippen LogP contribution in [0.1, 0.15) is 15.9 Å². The molecule has 0 spiro atoms. The number of hydrogen-bond acceptors (Lipinski definition) is 2. The first-order chi connectivity index (χ1) is 5.63. The van der Waals surface area contributed by atoms with Gasteiger partial charge in [0.15, 0.2) is 0 Å². The van der Waals surface area contributed by atoms with Crippen molar-refractivity contribution in [1.82, 2.24) is 0 Å². The Kier molecular flexibility index (Phi) is 2.71. The number of rotatable bonds is 1. The third-order valence-electron chi connectivity index (χ3n) is 1.38. The van der Waals surface area contributed by atoms with Crippen LogP contribution in [0.25, 0.3) is 0 Å². The molecule has 2 nitrogen and oxygen atoms in total. The first-order valence-corrected chi connectivity index (χ1v) is 3.72. The molecule has 3 heteroatoms. The molecule has 0 saturated carbocycles. The number of carbonyl (C=O) groups excluding carboxylic acids is 1.